The first-order valence-electron chi connectivity index (χ1n) is 7.35. The highest BCUT2D eigenvalue weighted by Gasteiger charge is 2.21. The standard InChI is InChI=1S/C13H29N3O3S/c1-12(17)10-16-7-4-13(5-8-16)11-15(2)6-3-9-20(14,18)19/h12-13,17H,3-11H2,1-2H3,(H2,14,18,19). The van der Waals surface area contributed by atoms with Crippen molar-refractivity contribution in [2.45, 2.75) is 32.3 Å². The zero-order valence-electron chi connectivity index (χ0n) is 12.7. The van der Waals surface area contributed by atoms with E-state index < -0.39 is 10.0 Å². The van der Waals surface area contributed by atoms with E-state index in [0.29, 0.717) is 12.3 Å². The minimum atomic E-state index is -3.33. The minimum Gasteiger partial charge on any atom is -0.392 e. The van der Waals surface area contributed by atoms with Crippen molar-refractivity contribution >= 4 is 10.0 Å². The van der Waals surface area contributed by atoms with Crippen LogP contribution in [0.1, 0.15) is 26.2 Å². The van der Waals surface area contributed by atoms with Crippen molar-refractivity contribution in [3.63, 3.8) is 0 Å². The Morgan fingerprint density at radius 1 is 1.40 bits per heavy atom. The van der Waals surface area contributed by atoms with Crippen LogP contribution in [-0.2, 0) is 10.0 Å². The molecular weight excluding hydrogens is 278 g/mol. The fraction of sp³-hybridized carbons (Fsp3) is 1.00. The summed E-state index contributed by atoms with van der Waals surface area (Å²) >= 11 is 0. The fourth-order valence-electron chi connectivity index (χ4n) is 2.79. The molecule has 1 aliphatic heterocycles. The second-order valence-electron chi connectivity index (χ2n) is 6.08. The Balaban J connectivity index is 2.16. The molecule has 7 heteroatoms. The molecule has 0 radical (unpaired) electrons. The number of β-amino-alcohol motifs (C(OH)–C–C–N with tert-alkyl or cyclic N) is 1. The van der Waals surface area contributed by atoms with Crippen LogP contribution in [0.2, 0.25) is 0 Å². The topological polar surface area (TPSA) is 86.9 Å². The average Bonchev–Trinajstić information content (AvgIpc) is 2.29. The van der Waals surface area contributed by atoms with Gasteiger partial charge in [0.2, 0.25) is 10.0 Å². The summed E-state index contributed by atoms with van der Waals surface area (Å²) in [5.74, 6) is 0.726. The van der Waals surface area contributed by atoms with Gasteiger partial charge in [-0.2, -0.15) is 0 Å². The average molecular weight is 307 g/mol. The van der Waals surface area contributed by atoms with E-state index in [2.05, 4.69) is 9.80 Å². The zero-order valence-corrected chi connectivity index (χ0v) is 13.5. The molecule has 1 rings (SSSR count). The summed E-state index contributed by atoms with van der Waals surface area (Å²) in [6, 6.07) is 0. The van der Waals surface area contributed by atoms with Crippen molar-refractivity contribution in [3.8, 4) is 0 Å². The van der Waals surface area contributed by atoms with Gasteiger partial charge >= 0.3 is 0 Å². The molecule has 1 fully saturated rings. The van der Waals surface area contributed by atoms with E-state index in [9.17, 15) is 13.5 Å². The van der Waals surface area contributed by atoms with Crippen LogP contribution in [-0.4, -0.2) is 75.0 Å². The monoisotopic (exact) mass is 307 g/mol. The van der Waals surface area contributed by atoms with E-state index in [4.69, 9.17) is 5.14 Å². The summed E-state index contributed by atoms with van der Waals surface area (Å²) in [4.78, 5) is 4.50. The molecule has 0 spiro atoms. The van der Waals surface area contributed by atoms with Crippen LogP contribution in [0.5, 0.6) is 0 Å². The smallest absolute Gasteiger partial charge is 0.209 e. The largest absolute Gasteiger partial charge is 0.392 e. The van der Waals surface area contributed by atoms with Gasteiger partial charge in [-0.25, -0.2) is 13.6 Å². The number of nitrogens with zero attached hydrogens (tertiary/aromatic N) is 2. The molecule has 1 aliphatic rings. The second-order valence-corrected chi connectivity index (χ2v) is 7.81. The number of primary sulfonamides is 1. The predicted octanol–water partition coefficient (Wildman–Crippen LogP) is -0.310. The molecule has 0 aromatic carbocycles. The first-order chi connectivity index (χ1) is 9.26. The number of nitrogens with two attached hydrogens (primary N) is 1. The normalized spacial score (nSPS) is 20.4. The Hall–Kier alpha value is -0.210. The highest BCUT2D eigenvalue weighted by molar-refractivity contribution is 7.89. The number of likely N-dealkylation sites (tertiary alicyclic amines) is 1. The number of hydrogen-bond donors (Lipinski definition) is 2. The van der Waals surface area contributed by atoms with Gasteiger partial charge in [0.1, 0.15) is 0 Å². The van der Waals surface area contributed by atoms with Gasteiger partial charge in [0.15, 0.2) is 0 Å². The van der Waals surface area contributed by atoms with E-state index in [1.165, 1.54) is 0 Å². The lowest BCUT2D eigenvalue weighted by atomic mass is 9.96. The van der Waals surface area contributed by atoms with Crippen molar-refractivity contribution in [2.24, 2.45) is 11.1 Å². The Labute approximate surface area is 123 Å². The summed E-state index contributed by atoms with van der Waals surface area (Å²) in [5, 5.41) is 14.4. The van der Waals surface area contributed by atoms with Crippen LogP contribution >= 0.6 is 0 Å². The van der Waals surface area contributed by atoms with Crippen LogP contribution in [0.25, 0.3) is 0 Å². The van der Waals surface area contributed by atoms with Gasteiger partial charge in [-0.3, -0.25) is 0 Å². The number of aliphatic hydroxyl groups excluding tert-OH is 1. The van der Waals surface area contributed by atoms with Gasteiger partial charge < -0.3 is 14.9 Å². The molecule has 3 N–H and O–H groups in total. The van der Waals surface area contributed by atoms with Crippen molar-refractivity contribution in [3.05, 3.63) is 0 Å². The predicted molar refractivity (Wildman–Crippen MR) is 80.9 cm³/mol. The number of rotatable bonds is 8. The van der Waals surface area contributed by atoms with Gasteiger partial charge in [-0.1, -0.05) is 0 Å². The second kappa shape index (κ2) is 8.29. The molecule has 0 aromatic rings. The number of aliphatic hydroxyl groups is 1. The highest BCUT2D eigenvalue weighted by Crippen LogP contribution is 2.18. The van der Waals surface area contributed by atoms with Crippen LogP contribution in [0, 0.1) is 5.92 Å². The third-order valence-corrected chi connectivity index (χ3v) is 4.63. The van der Waals surface area contributed by atoms with Crippen molar-refractivity contribution < 1.29 is 13.5 Å². The SMILES string of the molecule is CC(O)CN1CCC(CN(C)CCCS(N)(=O)=O)CC1. The fourth-order valence-corrected chi connectivity index (χ4v) is 3.32. The third kappa shape index (κ3) is 8.16. The minimum absolute atomic E-state index is 0.0597. The molecule has 1 saturated heterocycles. The van der Waals surface area contributed by atoms with E-state index in [1.54, 1.807) is 0 Å². The third-order valence-electron chi connectivity index (χ3n) is 3.77. The zero-order chi connectivity index (χ0) is 15.2. The Kier molecular flexibility index (Phi) is 7.39. The summed E-state index contributed by atoms with van der Waals surface area (Å²) in [5.41, 5.74) is 0. The van der Waals surface area contributed by atoms with E-state index in [-0.39, 0.29) is 11.9 Å². The lowest BCUT2D eigenvalue weighted by Gasteiger charge is -2.34. The van der Waals surface area contributed by atoms with Gasteiger partial charge in [-0.05, 0) is 58.8 Å². The van der Waals surface area contributed by atoms with E-state index >= 15 is 0 Å². The summed E-state index contributed by atoms with van der Waals surface area (Å²) in [6.45, 7) is 6.45. The number of piperidine rings is 1. The molecule has 1 unspecified atom stereocenters. The van der Waals surface area contributed by atoms with Crippen molar-refractivity contribution in [1.82, 2.24) is 9.80 Å². The molecule has 0 aliphatic carbocycles. The van der Waals surface area contributed by atoms with Crippen LogP contribution in [0.3, 0.4) is 0 Å². The van der Waals surface area contributed by atoms with Crippen molar-refractivity contribution in [2.75, 3.05) is 45.5 Å². The maximum Gasteiger partial charge on any atom is 0.209 e. The Bertz CT molecular complexity index is 365. The van der Waals surface area contributed by atoms with Gasteiger partial charge in [0, 0.05) is 13.1 Å². The molecule has 0 saturated carbocycles. The highest BCUT2D eigenvalue weighted by atomic mass is 32.2. The molecule has 0 aromatic heterocycles. The van der Waals surface area contributed by atoms with Gasteiger partial charge in [0.05, 0.1) is 11.9 Å². The first kappa shape index (κ1) is 17.8. The number of hydrogen-bond acceptors (Lipinski definition) is 5. The quantitative estimate of drug-likeness (QED) is 0.642. The lowest BCUT2D eigenvalue weighted by Crippen LogP contribution is -2.40. The van der Waals surface area contributed by atoms with Crippen LogP contribution in [0.4, 0.5) is 0 Å². The molecule has 0 amide bonds. The van der Waals surface area contributed by atoms with Crippen LogP contribution in [0.15, 0.2) is 0 Å². The van der Waals surface area contributed by atoms with Gasteiger partial charge in [-0.15, -0.1) is 0 Å². The molecular formula is C13H29N3O3S. The molecule has 0 bridgehead atoms. The number of sulfonamides is 1. The maximum atomic E-state index is 10.9. The van der Waals surface area contributed by atoms with Crippen molar-refractivity contribution in [1.29, 1.82) is 0 Å². The Morgan fingerprint density at radius 2 is 2.00 bits per heavy atom. The molecule has 120 valence electrons. The summed E-state index contributed by atoms with van der Waals surface area (Å²) in [7, 11) is -1.30. The molecule has 20 heavy (non-hydrogen) atoms. The first-order valence-corrected chi connectivity index (χ1v) is 9.07. The summed E-state index contributed by atoms with van der Waals surface area (Å²) < 4.78 is 21.7. The van der Waals surface area contributed by atoms with E-state index in [0.717, 1.165) is 45.6 Å². The lowest BCUT2D eigenvalue weighted by molar-refractivity contribution is 0.0926. The van der Waals surface area contributed by atoms with Gasteiger partial charge in [0.25, 0.3) is 0 Å². The summed E-state index contributed by atoms with van der Waals surface area (Å²) in [6.07, 6.45) is 2.63. The molecule has 1 heterocycles. The maximum absolute atomic E-state index is 10.9. The van der Waals surface area contributed by atoms with E-state index in [1.807, 2.05) is 14.0 Å². The van der Waals surface area contributed by atoms with Crippen LogP contribution < -0.4 is 5.14 Å². The molecule has 6 nitrogen and oxygen atoms in total. The Morgan fingerprint density at radius 3 is 2.50 bits per heavy atom. The molecule has 1 atom stereocenters.